The number of likely N-dealkylation sites (tertiary alicyclic amines) is 1. The Balaban J connectivity index is 1.95. The van der Waals surface area contributed by atoms with Gasteiger partial charge in [0.2, 0.25) is 0 Å². The number of hydrogen-bond donors (Lipinski definition) is 1. The summed E-state index contributed by atoms with van der Waals surface area (Å²) in [4.78, 5) is 2.81. The van der Waals surface area contributed by atoms with Gasteiger partial charge in [-0.05, 0) is 56.5 Å². The quantitative estimate of drug-likeness (QED) is 0.789. The van der Waals surface area contributed by atoms with Gasteiger partial charge >= 0.3 is 0 Å². The number of nitrogens with zero attached hydrogens (tertiary/aromatic N) is 1. The smallest absolute Gasteiger partial charge is 0.0274 e. The molecule has 0 aromatic carbocycles. The maximum absolute atomic E-state index is 3.85. The Kier molecular flexibility index (Phi) is 5.30. The maximum Gasteiger partial charge on any atom is 0.0274 e. The molecule has 2 fully saturated rings. The van der Waals surface area contributed by atoms with Crippen LogP contribution in [0, 0.1) is 11.3 Å². The molecule has 0 bridgehead atoms. The fraction of sp³-hybridized carbons (Fsp3) is 1.00. The predicted octanol–water partition coefficient (Wildman–Crippen LogP) is 3.67. The molecule has 0 aromatic heterocycles. The molecule has 2 rings (SSSR count). The normalized spacial score (nSPS) is 35.1. The monoisotopic (exact) mass is 266 g/mol. The van der Waals surface area contributed by atoms with Crippen LogP contribution in [0.5, 0.6) is 0 Å². The fourth-order valence-corrected chi connectivity index (χ4v) is 4.28. The second-order valence-corrected chi connectivity index (χ2v) is 7.46. The molecule has 1 aliphatic carbocycles. The molecule has 3 unspecified atom stereocenters. The topological polar surface area (TPSA) is 15.3 Å². The first-order valence-electron chi connectivity index (χ1n) is 8.56. The van der Waals surface area contributed by atoms with Crippen molar-refractivity contribution in [3.8, 4) is 0 Å². The zero-order valence-corrected chi connectivity index (χ0v) is 13.5. The van der Waals surface area contributed by atoms with Crippen LogP contribution in [0.1, 0.15) is 66.2 Å². The van der Waals surface area contributed by atoms with E-state index in [2.05, 4.69) is 37.9 Å². The maximum atomic E-state index is 3.85. The van der Waals surface area contributed by atoms with Gasteiger partial charge in [-0.15, -0.1) is 0 Å². The Morgan fingerprint density at radius 2 is 1.95 bits per heavy atom. The van der Waals surface area contributed by atoms with Crippen LogP contribution in [-0.2, 0) is 0 Å². The van der Waals surface area contributed by atoms with Crippen molar-refractivity contribution in [2.24, 2.45) is 11.3 Å². The lowest BCUT2D eigenvalue weighted by atomic mass is 9.86. The van der Waals surface area contributed by atoms with E-state index in [1.807, 2.05) is 0 Å². The fourth-order valence-electron chi connectivity index (χ4n) is 4.28. The van der Waals surface area contributed by atoms with Gasteiger partial charge in [-0.2, -0.15) is 0 Å². The summed E-state index contributed by atoms with van der Waals surface area (Å²) in [7, 11) is 0. The highest BCUT2D eigenvalue weighted by Gasteiger charge is 2.45. The average molecular weight is 266 g/mol. The van der Waals surface area contributed by atoms with Crippen molar-refractivity contribution in [1.29, 1.82) is 0 Å². The molecule has 2 aliphatic rings. The summed E-state index contributed by atoms with van der Waals surface area (Å²) in [5, 5.41) is 3.85. The third-order valence-corrected chi connectivity index (χ3v) is 5.41. The molecule has 0 radical (unpaired) electrons. The van der Waals surface area contributed by atoms with Gasteiger partial charge in [-0.25, -0.2) is 0 Å². The minimum absolute atomic E-state index is 0.475. The third-order valence-electron chi connectivity index (χ3n) is 5.41. The highest BCUT2D eigenvalue weighted by atomic mass is 15.2. The van der Waals surface area contributed by atoms with Crippen LogP contribution in [0.2, 0.25) is 0 Å². The minimum atomic E-state index is 0.475. The van der Waals surface area contributed by atoms with E-state index in [4.69, 9.17) is 0 Å². The SMILES string of the molecule is CCCNC1C(N2CCC(CCC)C2)CCC1(C)C. The zero-order chi connectivity index (χ0) is 13.9. The van der Waals surface area contributed by atoms with Crippen LogP contribution in [0.25, 0.3) is 0 Å². The van der Waals surface area contributed by atoms with Gasteiger partial charge in [0, 0.05) is 18.6 Å². The molecular formula is C17H34N2. The first-order valence-corrected chi connectivity index (χ1v) is 8.56. The molecule has 0 spiro atoms. The van der Waals surface area contributed by atoms with Crippen molar-refractivity contribution in [1.82, 2.24) is 10.2 Å². The molecule has 0 aromatic rings. The molecule has 2 heteroatoms. The summed E-state index contributed by atoms with van der Waals surface area (Å²) in [5.41, 5.74) is 0.475. The van der Waals surface area contributed by atoms with Crippen LogP contribution in [0.3, 0.4) is 0 Å². The second-order valence-electron chi connectivity index (χ2n) is 7.46. The molecule has 1 saturated carbocycles. The highest BCUT2D eigenvalue weighted by Crippen LogP contribution is 2.41. The number of hydrogen-bond acceptors (Lipinski definition) is 2. The van der Waals surface area contributed by atoms with Gasteiger partial charge < -0.3 is 5.32 Å². The van der Waals surface area contributed by atoms with E-state index in [-0.39, 0.29) is 0 Å². The predicted molar refractivity (Wildman–Crippen MR) is 83.5 cm³/mol. The Morgan fingerprint density at radius 1 is 1.16 bits per heavy atom. The molecule has 3 atom stereocenters. The summed E-state index contributed by atoms with van der Waals surface area (Å²) < 4.78 is 0. The summed E-state index contributed by atoms with van der Waals surface area (Å²) >= 11 is 0. The van der Waals surface area contributed by atoms with Gasteiger partial charge in [-0.3, -0.25) is 4.90 Å². The van der Waals surface area contributed by atoms with E-state index < -0.39 is 0 Å². The summed E-state index contributed by atoms with van der Waals surface area (Å²) in [5.74, 6) is 0.973. The van der Waals surface area contributed by atoms with Crippen LogP contribution in [0.4, 0.5) is 0 Å². The standard InChI is InChI=1S/C17H34N2/c1-5-7-14-9-12-19(13-14)15-8-10-17(3,4)16(15)18-11-6-2/h14-16,18H,5-13H2,1-4H3. The van der Waals surface area contributed by atoms with E-state index in [1.165, 1.54) is 58.2 Å². The largest absolute Gasteiger partial charge is 0.312 e. The molecule has 112 valence electrons. The van der Waals surface area contributed by atoms with Crippen LogP contribution >= 0.6 is 0 Å². The van der Waals surface area contributed by atoms with Gasteiger partial charge in [0.05, 0.1) is 0 Å². The van der Waals surface area contributed by atoms with Crippen LogP contribution in [-0.4, -0.2) is 36.6 Å². The molecule has 0 amide bonds. The molecule has 1 saturated heterocycles. The lowest BCUT2D eigenvalue weighted by molar-refractivity contribution is 0.165. The van der Waals surface area contributed by atoms with Gasteiger partial charge in [0.25, 0.3) is 0 Å². The van der Waals surface area contributed by atoms with Crippen molar-refractivity contribution in [3.05, 3.63) is 0 Å². The van der Waals surface area contributed by atoms with E-state index >= 15 is 0 Å². The summed E-state index contributed by atoms with van der Waals surface area (Å²) in [6.07, 6.45) is 8.25. The Morgan fingerprint density at radius 3 is 2.63 bits per heavy atom. The van der Waals surface area contributed by atoms with Crippen LogP contribution < -0.4 is 5.32 Å². The Labute approximate surface area is 120 Å². The van der Waals surface area contributed by atoms with E-state index in [9.17, 15) is 0 Å². The third kappa shape index (κ3) is 3.52. The average Bonchev–Trinajstić information content (AvgIpc) is 2.92. The first-order chi connectivity index (χ1) is 9.08. The molecular weight excluding hydrogens is 232 g/mol. The molecule has 2 nitrogen and oxygen atoms in total. The lowest BCUT2D eigenvalue weighted by Crippen LogP contribution is -2.51. The second kappa shape index (κ2) is 6.58. The first kappa shape index (κ1) is 15.3. The van der Waals surface area contributed by atoms with Crippen molar-refractivity contribution in [2.75, 3.05) is 19.6 Å². The molecule has 19 heavy (non-hydrogen) atoms. The van der Waals surface area contributed by atoms with E-state index in [1.54, 1.807) is 0 Å². The summed E-state index contributed by atoms with van der Waals surface area (Å²) in [6, 6.07) is 1.50. The molecule has 1 heterocycles. The van der Waals surface area contributed by atoms with E-state index in [0.717, 1.165) is 12.0 Å². The number of rotatable bonds is 6. The minimum Gasteiger partial charge on any atom is -0.312 e. The Bertz CT molecular complexity index is 274. The lowest BCUT2D eigenvalue weighted by Gasteiger charge is -2.36. The summed E-state index contributed by atoms with van der Waals surface area (Å²) in [6.45, 7) is 13.4. The number of nitrogens with one attached hydrogen (secondary N) is 1. The molecule has 1 N–H and O–H groups in total. The zero-order valence-electron chi connectivity index (χ0n) is 13.5. The van der Waals surface area contributed by atoms with Gasteiger partial charge in [0.15, 0.2) is 0 Å². The highest BCUT2D eigenvalue weighted by molar-refractivity contribution is 5.02. The van der Waals surface area contributed by atoms with Gasteiger partial charge in [-0.1, -0.05) is 34.1 Å². The van der Waals surface area contributed by atoms with Crippen LogP contribution in [0.15, 0.2) is 0 Å². The Hall–Kier alpha value is -0.0800. The van der Waals surface area contributed by atoms with Crippen molar-refractivity contribution >= 4 is 0 Å². The van der Waals surface area contributed by atoms with Gasteiger partial charge in [0.1, 0.15) is 0 Å². The molecule has 1 aliphatic heterocycles. The van der Waals surface area contributed by atoms with Crippen molar-refractivity contribution in [3.63, 3.8) is 0 Å². The van der Waals surface area contributed by atoms with Crippen molar-refractivity contribution < 1.29 is 0 Å². The van der Waals surface area contributed by atoms with E-state index in [0.29, 0.717) is 11.5 Å². The van der Waals surface area contributed by atoms with Crippen molar-refractivity contribution in [2.45, 2.75) is 78.3 Å².